The summed E-state index contributed by atoms with van der Waals surface area (Å²) >= 11 is 6.25. The van der Waals surface area contributed by atoms with E-state index in [1.807, 2.05) is 6.07 Å². The highest BCUT2D eigenvalue weighted by atomic mass is 35.5. The van der Waals surface area contributed by atoms with Crippen molar-refractivity contribution in [1.29, 1.82) is 5.26 Å². The fourth-order valence-electron chi connectivity index (χ4n) is 4.34. The summed E-state index contributed by atoms with van der Waals surface area (Å²) < 4.78 is 56.4. The van der Waals surface area contributed by atoms with Crippen LogP contribution >= 0.6 is 11.6 Å². The minimum atomic E-state index is -3.02. The fourth-order valence-corrected chi connectivity index (χ4v) is 4.53. The molecular formula is C28H27ClFN7O5. The Balaban J connectivity index is 1.73. The molecule has 42 heavy (non-hydrogen) atoms. The van der Waals surface area contributed by atoms with Gasteiger partial charge in [-0.15, -0.1) is 0 Å². The topological polar surface area (TPSA) is 157 Å². The van der Waals surface area contributed by atoms with E-state index in [9.17, 15) is 14.9 Å². The molecule has 1 aromatic carbocycles. The number of alkyl carbamates (subject to hydrolysis) is 1. The number of hydrogen-bond acceptors (Lipinski definition) is 9. The first-order valence-corrected chi connectivity index (χ1v) is 13.1. The number of carbonyl (C=O) groups is 1. The first-order chi connectivity index (χ1) is 21.1. The number of amides is 1. The van der Waals surface area contributed by atoms with Crippen molar-refractivity contribution in [1.82, 2.24) is 30.3 Å². The number of fused-ring (bicyclic) bond motifs is 1. The minimum absolute atomic E-state index is 0.0105. The molecule has 1 aliphatic carbocycles. The lowest BCUT2D eigenvalue weighted by atomic mass is 9.98. The number of benzene rings is 1. The Morgan fingerprint density at radius 2 is 2.14 bits per heavy atom. The fraction of sp³-hybridized carbons (Fsp3) is 0.357. The number of rotatable bonds is 7. The molecule has 1 amide bonds. The van der Waals surface area contributed by atoms with Gasteiger partial charge in [0.05, 0.1) is 57.7 Å². The second kappa shape index (κ2) is 10.9. The second-order valence-corrected chi connectivity index (χ2v) is 11.0. The summed E-state index contributed by atoms with van der Waals surface area (Å²) in [5.41, 5.74) is -1.66. The van der Waals surface area contributed by atoms with E-state index >= 15 is 4.39 Å². The van der Waals surface area contributed by atoms with Gasteiger partial charge in [-0.1, -0.05) is 11.6 Å². The van der Waals surface area contributed by atoms with Crippen LogP contribution in [-0.2, 0) is 18.3 Å². The predicted octanol–water partition coefficient (Wildman–Crippen LogP) is 4.62. The summed E-state index contributed by atoms with van der Waals surface area (Å²) in [6.45, 7) is 4.80. The Bertz CT molecular complexity index is 1930. The maximum absolute atomic E-state index is 15.8. The molecule has 3 aromatic heterocycles. The van der Waals surface area contributed by atoms with Gasteiger partial charge in [-0.25, -0.2) is 19.3 Å². The summed E-state index contributed by atoms with van der Waals surface area (Å²) in [5, 5.41) is 22.7. The molecular weight excluding hydrogens is 569 g/mol. The summed E-state index contributed by atoms with van der Waals surface area (Å²) in [5.74, 6) is -1.40. The molecule has 5 rings (SSSR count). The molecule has 0 radical (unpaired) electrons. The van der Waals surface area contributed by atoms with Crippen LogP contribution in [0.4, 0.5) is 9.18 Å². The monoisotopic (exact) mass is 598 g/mol. The van der Waals surface area contributed by atoms with Crippen LogP contribution < -0.4 is 20.3 Å². The molecule has 14 heteroatoms. The molecule has 1 aliphatic rings. The van der Waals surface area contributed by atoms with Crippen molar-refractivity contribution >= 4 is 28.5 Å². The summed E-state index contributed by atoms with van der Waals surface area (Å²) in [6, 6.07) is 4.64. The number of H-pyrrole nitrogens is 1. The lowest BCUT2D eigenvalue weighted by Gasteiger charge is -2.19. The van der Waals surface area contributed by atoms with E-state index in [0.29, 0.717) is 0 Å². The zero-order chi connectivity index (χ0) is 32.8. The summed E-state index contributed by atoms with van der Waals surface area (Å²) in [6.07, 6.45) is 1.98. The van der Waals surface area contributed by atoms with E-state index in [0.717, 1.165) is 12.8 Å². The third-order valence-electron chi connectivity index (χ3n) is 6.28. The van der Waals surface area contributed by atoms with Gasteiger partial charge in [0.2, 0.25) is 5.88 Å². The highest BCUT2D eigenvalue weighted by Crippen LogP contribution is 2.43. The Kier molecular flexibility index (Phi) is 6.52. The normalized spacial score (nSPS) is 14.5. The Hall–Kier alpha value is -4.70. The maximum atomic E-state index is 15.8. The van der Waals surface area contributed by atoms with Gasteiger partial charge >= 0.3 is 6.09 Å². The van der Waals surface area contributed by atoms with E-state index < -0.39 is 36.0 Å². The first-order valence-electron chi connectivity index (χ1n) is 14.3. The predicted molar refractivity (Wildman–Crippen MR) is 151 cm³/mol. The van der Waals surface area contributed by atoms with Crippen molar-refractivity contribution < 1.29 is 27.5 Å². The highest BCUT2D eigenvalue weighted by Gasteiger charge is 2.30. The number of methoxy groups -OCH3 is 1. The van der Waals surface area contributed by atoms with Gasteiger partial charge in [0.15, 0.2) is 5.82 Å². The van der Waals surface area contributed by atoms with Crippen LogP contribution in [0.25, 0.3) is 33.3 Å². The van der Waals surface area contributed by atoms with Crippen LogP contribution in [0.15, 0.2) is 23.1 Å². The molecule has 0 spiro atoms. The quantitative estimate of drug-likeness (QED) is 0.309. The zero-order valence-corrected chi connectivity index (χ0v) is 23.7. The Morgan fingerprint density at radius 1 is 1.38 bits per heavy atom. The van der Waals surface area contributed by atoms with E-state index in [1.165, 1.54) is 30.1 Å². The number of nitriles is 1. The number of aromatic amines is 1. The maximum Gasteiger partial charge on any atom is 0.407 e. The van der Waals surface area contributed by atoms with Gasteiger partial charge in [-0.05, 0) is 39.7 Å². The van der Waals surface area contributed by atoms with Crippen molar-refractivity contribution in [3.8, 4) is 40.2 Å². The molecule has 0 unspecified atom stereocenters. The molecule has 4 aromatic rings. The number of nitrogens with one attached hydrogen (secondary N) is 2. The summed E-state index contributed by atoms with van der Waals surface area (Å²) in [7, 11) is -1.52. The Labute approximate surface area is 248 Å². The van der Waals surface area contributed by atoms with Crippen LogP contribution in [-0.4, -0.2) is 49.8 Å². The van der Waals surface area contributed by atoms with Crippen molar-refractivity contribution in [3.63, 3.8) is 0 Å². The number of hydrogen-bond donors (Lipinski definition) is 2. The zero-order valence-electron chi connectivity index (χ0n) is 26.0. The minimum Gasteiger partial charge on any atom is -0.489 e. The molecule has 218 valence electrons. The van der Waals surface area contributed by atoms with Crippen molar-refractivity contribution in [3.05, 3.63) is 50.8 Å². The van der Waals surface area contributed by atoms with E-state index in [2.05, 4.69) is 25.6 Å². The van der Waals surface area contributed by atoms with Gasteiger partial charge in [0.25, 0.3) is 5.56 Å². The van der Waals surface area contributed by atoms with Gasteiger partial charge in [0.1, 0.15) is 28.4 Å². The van der Waals surface area contributed by atoms with Crippen LogP contribution in [0.5, 0.6) is 11.6 Å². The molecule has 0 aliphatic heterocycles. The SMILES string of the molecule is [2H]C([2H])([2H])Oc1nc(-c2cnn(C)c2-c2c(F)c(Cl)cc(OC3CC3)c2C#N)cc2c(CNC(=O)OC(C)(C)C)n[nH]c(=O)c12. The van der Waals surface area contributed by atoms with Crippen molar-refractivity contribution in [2.75, 3.05) is 7.04 Å². The standard InChI is InChI=1S/C28H27ClFN7O5/c1-28(2,3)42-27(39)32-12-19-14-8-18(34-26(40-5)22(14)25(38)36-35-19)16-11-33-37(4)24(16)21-15(10-31)20(41-13-6-7-13)9-17(29)23(21)30/h8-9,11,13H,6-7,12H2,1-5H3,(H,32,39)(H,36,38)/i5D3. The van der Waals surface area contributed by atoms with Crippen molar-refractivity contribution in [2.24, 2.45) is 7.05 Å². The average Bonchev–Trinajstić information content (AvgIpc) is 3.66. The average molecular weight is 599 g/mol. The van der Waals surface area contributed by atoms with Crippen molar-refractivity contribution in [2.45, 2.75) is 51.9 Å². The van der Waals surface area contributed by atoms with Crippen LogP contribution in [0.2, 0.25) is 5.02 Å². The Morgan fingerprint density at radius 3 is 2.81 bits per heavy atom. The summed E-state index contributed by atoms with van der Waals surface area (Å²) in [4.78, 5) is 29.6. The van der Waals surface area contributed by atoms with Crippen LogP contribution in [0.1, 0.15) is 49.0 Å². The number of nitrogens with zero attached hydrogens (tertiary/aromatic N) is 5. The number of carbonyl (C=O) groups excluding carboxylic acids is 1. The molecule has 1 saturated carbocycles. The highest BCUT2D eigenvalue weighted by molar-refractivity contribution is 6.31. The molecule has 0 saturated heterocycles. The third kappa shape index (κ3) is 5.58. The lowest BCUT2D eigenvalue weighted by Crippen LogP contribution is -2.32. The second-order valence-electron chi connectivity index (χ2n) is 10.6. The molecule has 1 fully saturated rings. The van der Waals surface area contributed by atoms with Gasteiger partial charge in [-0.3, -0.25) is 9.48 Å². The number of aromatic nitrogens is 5. The van der Waals surface area contributed by atoms with Crippen LogP contribution in [0, 0.1) is 17.1 Å². The van der Waals surface area contributed by atoms with E-state index in [1.54, 1.807) is 20.8 Å². The van der Waals surface area contributed by atoms with E-state index in [-0.39, 0.29) is 68.0 Å². The van der Waals surface area contributed by atoms with Gasteiger partial charge in [0, 0.05) is 24.1 Å². The van der Waals surface area contributed by atoms with Gasteiger partial charge < -0.3 is 19.5 Å². The molecule has 2 N–H and O–H groups in total. The molecule has 12 nitrogen and oxygen atoms in total. The smallest absolute Gasteiger partial charge is 0.407 e. The number of pyridine rings is 1. The largest absolute Gasteiger partial charge is 0.489 e. The van der Waals surface area contributed by atoms with E-state index in [4.69, 9.17) is 29.9 Å². The van der Waals surface area contributed by atoms with Gasteiger partial charge in [-0.2, -0.15) is 15.5 Å². The number of halogens is 2. The lowest BCUT2D eigenvalue weighted by molar-refractivity contribution is 0.0523. The molecule has 3 heterocycles. The third-order valence-corrected chi connectivity index (χ3v) is 6.55. The molecule has 0 atom stereocenters. The van der Waals surface area contributed by atoms with Crippen LogP contribution in [0.3, 0.4) is 0 Å². The molecule has 0 bridgehead atoms. The number of aryl methyl sites for hydroxylation is 1. The first kappa shape index (κ1) is 25.0. The number of ether oxygens (including phenoxy) is 3.